The standard InChI is InChI=1S/C20H17N3O3/c1-12-14(5-6-19(21)23-12)15-4-3-13(11-18(15)24-2)26-20-16-8-10-25-17(16)7-9-22-20/h3-11H,1-2H3,(H2,21,23). The number of furan rings is 1. The Morgan fingerprint density at radius 1 is 1.04 bits per heavy atom. The van der Waals surface area contributed by atoms with Gasteiger partial charge >= 0.3 is 0 Å². The summed E-state index contributed by atoms with van der Waals surface area (Å²) in [7, 11) is 1.62. The molecule has 0 aliphatic rings. The maximum absolute atomic E-state index is 5.95. The van der Waals surface area contributed by atoms with Crippen LogP contribution in [0.4, 0.5) is 5.82 Å². The highest BCUT2D eigenvalue weighted by molar-refractivity contribution is 5.82. The van der Waals surface area contributed by atoms with Crippen LogP contribution in [0.3, 0.4) is 0 Å². The van der Waals surface area contributed by atoms with E-state index in [-0.39, 0.29) is 0 Å². The molecule has 4 aromatic rings. The van der Waals surface area contributed by atoms with Gasteiger partial charge in [0, 0.05) is 29.1 Å². The molecule has 2 N–H and O–H groups in total. The van der Waals surface area contributed by atoms with E-state index in [4.69, 9.17) is 19.6 Å². The SMILES string of the molecule is COc1cc(Oc2nccc3occc23)ccc1-c1ccc(N)nc1C. The molecule has 0 radical (unpaired) electrons. The van der Waals surface area contributed by atoms with Gasteiger partial charge in [-0.15, -0.1) is 0 Å². The maximum atomic E-state index is 5.95. The van der Waals surface area contributed by atoms with E-state index < -0.39 is 0 Å². The molecule has 3 aromatic heterocycles. The Morgan fingerprint density at radius 3 is 2.69 bits per heavy atom. The van der Waals surface area contributed by atoms with Gasteiger partial charge in [-0.25, -0.2) is 9.97 Å². The fourth-order valence-electron chi connectivity index (χ4n) is 2.88. The van der Waals surface area contributed by atoms with Gasteiger partial charge in [0.15, 0.2) is 0 Å². The number of hydrogen-bond donors (Lipinski definition) is 1. The number of rotatable bonds is 4. The first kappa shape index (κ1) is 16.0. The summed E-state index contributed by atoms with van der Waals surface area (Å²) in [5.41, 5.74) is 9.18. The lowest BCUT2D eigenvalue weighted by atomic mass is 10.0. The highest BCUT2D eigenvalue weighted by Crippen LogP contribution is 2.37. The topological polar surface area (TPSA) is 83.4 Å². The molecule has 0 spiro atoms. The summed E-state index contributed by atoms with van der Waals surface area (Å²) >= 11 is 0. The third-order valence-electron chi connectivity index (χ3n) is 4.13. The monoisotopic (exact) mass is 347 g/mol. The average molecular weight is 347 g/mol. The number of pyridine rings is 2. The molecular formula is C20H17N3O3. The van der Waals surface area contributed by atoms with E-state index >= 15 is 0 Å². The number of benzene rings is 1. The van der Waals surface area contributed by atoms with Crippen LogP contribution in [0, 0.1) is 6.92 Å². The Hall–Kier alpha value is -3.54. The molecule has 0 saturated heterocycles. The number of aryl methyl sites for hydroxylation is 1. The van der Waals surface area contributed by atoms with E-state index in [1.54, 1.807) is 31.7 Å². The van der Waals surface area contributed by atoms with Crippen molar-refractivity contribution in [2.45, 2.75) is 6.92 Å². The molecule has 0 bridgehead atoms. The molecule has 130 valence electrons. The van der Waals surface area contributed by atoms with Gasteiger partial charge in [0.25, 0.3) is 0 Å². The number of nitrogen functional groups attached to an aromatic ring is 1. The minimum Gasteiger partial charge on any atom is -0.496 e. The zero-order valence-electron chi connectivity index (χ0n) is 14.4. The number of nitrogens with zero attached hydrogens (tertiary/aromatic N) is 2. The van der Waals surface area contributed by atoms with Gasteiger partial charge in [-0.1, -0.05) is 0 Å². The minimum absolute atomic E-state index is 0.483. The van der Waals surface area contributed by atoms with E-state index in [0.717, 1.165) is 27.8 Å². The third-order valence-corrected chi connectivity index (χ3v) is 4.13. The molecule has 6 heteroatoms. The Kier molecular flexibility index (Phi) is 3.93. The van der Waals surface area contributed by atoms with Crippen molar-refractivity contribution in [3.05, 3.63) is 60.6 Å². The molecule has 0 unspecified atom stereocenters. The van der Waals surface area contributed by atoms with Crippen LogP contribution in [-0.2, 0) is 0 Å². The first-order chi connectivity index (χ1) is 12.7. The van der Waals surface area contributed by atoms with Gasteiger partial charge in [-0.3, -0.25) is 0 Å². The van der Waals surface area contributed by atoms with Crippen molar-refractivity contribution in [1.29, 1.82) is 0 Å². The molecular weight excluding hydrogens is 330 g/mol. The van der Waals surface area contributed by atoms with Crippen molar-refractivity contribution in [2.24, 2.45) is 0 Å². The molecule has 0 atom stereocenters. The van der Waals surface area contributed by atoms with Gasteiger partial charge in [0.05, 0.1) is 18.8 Å². The van der Waals surface area contributed by atoms with Crippen LogP contribution in [0.15, 0.2) is 59.3 Å². The zero-order chi connectivity index (χ0) is 18.1. The van der Waals surface area contributed by atoms with E-state index in [9.17, 15) is 0 Å². The van der Waals surface area contributed by atoms with Gasteiger partial charge in [0.2, 0.25) is 5.88 Å². The number of ether oxygens (including phenoxy) is 2. The van der Waals surface area contributed by atoms with Crippen LogP contribution in [0.2, 0.25) is 0 Å². The number of nitrogens with two attached hydrogens (primary N) is 1. The number of aromatic nitrogens is 2. The number of anilines is 1. The van der Waals surface area contributed by atoms with Crippen molar-refractivity contribution < 1.29 is 13.9 Å². The summed E-state index contributed by atoms with van der Waals surface area (Å²) in [5, 5.41) is 0.814. The second-order valence-corrected chi connectivity index (χ2v) is 5.78. The molecule has 6 nitrogen and oxygen atoms in total. The molecule has 0 amide bonds. The van der Waals surface area contributed by atoms with Gasteiger partial charge in [-0.2, -0.15) is 0 Å². The first-order valence-electron chi connectivity index (χ1n) is 8.07. The van der Waals surface area contributed by atoms with Gasteiger partial charge in [-0.05, 0) is 43.3 Å². The average Bonchev–Trinajstić information content (AvgIpc) is 3.12. The quantitative estimate of drug-likeness (QED) is 0.582. The Morgan fingerprint density at radius 2 is 1.88 bits per heavy atom. The van der Waals surface area contributed by atoms with E-state index in [2.05, 4.69) is 9.97 Å². The molecule has 1 aromatic carbocycles. The summed E-state index contributed by atoms with van der Waals surface area (Å²) in [4.78, 5) is 8.60. The van der Waals surface area contributed by atoms with Crippen LogP contribution in [-0.4, -0.2) is 17.1 Å². The first-order valence-corrected chi connectivity index (χ1v) is 8.07. The molecule has 0 aliphatic heterocycles. The lowest BCUT2D eigenvalue weighted by Gasteiger charge is -2.13. The van der Waals surface area contributed by atoms with E-state index in [0.29, 0.717) is 23.2 Å². The summed E-state index contributed by atoms with van der Waals surface area (Å²) in [5.74, 6) is 2.27. The lowest BCUT2D eigenvalue weighted by Crippen LogP contribution is -1.96. The van der Waals surface area contributed by atoms with Crippen molar-refractivity contribution in [3.8, 4) is 28.5 Å². The lowest BCUT2D eigenvalue weighted by molar-refractivity contribution is 0.409. The van der Waals surface area contributed by atoms with Crippen LogP contribution in [0.1, 0.15) is 5.69 Å². The fraction of sp³-hybridized carbons (Fsp3) is 0.100. The minimum atomic E-state index is 0.483. The maximum Gasteiger partial charge on any atom is 0.230 e. The largest absolute Gasteiger partial charge is 0.496 e. The van der Waals surface area contributed by atoms with Gasteiger partial charge < -0.3 is 19.6 Å². The van der Waals surface area contributed by atoms with Crippen molar-refractivity contribution in [3.63, 3.8) is 0 Å². The number of fused-ring (bicyclic) bond motifs is 1. The van der Waals surface area contributed by atoms with Crippen LogP contribution in [0.5, 0.6) is 17.4 Å². The molecule has 3 heterocycles. The highest BCUT2D eigenvalue weighted by Gasteiger charge is 2.13. The Balaban J connectivity index is 1.72. The molecule has 0 fully saturated rings. The Bertz CT molecular complexity index is 1090. The van der Waals surface area contributed by atoms with E-state index in [1.807, 2.05) is 37.3 Å². The summed E-state index contributed by atoms with van der Waals surface area (Å²) in [6, 6.07) is 13.0. The van der Waals surface area contributed by atoms with Crippen molar-refractivity contribution in [2.75, 3.05) is 12.8 Å². The number of hydrogen-bond acceptors (Lipinski definition) is 6. The predicted molar refractivity (Wildman–Crippen MR) is 99.5 cm³/mol. The zero-order valence-corrected chi connectivity index (χ0v) is 14.4. The fourth-order valence-corrected chi connectivity index (χ4v) is 2.88. The predicted octanol–water partition coefficient (Wildman–Crippen LogP) is 4.58. The summed E-state index contributed by atoms with van der Waals surface area (Å²) in [6.45, 7) is 1.92. The summed E-state index contributed by atoms with van der Waals surface area (Å²) < 4.78 is 16.9. The second-order valence-electron chi connectivity index (χ2n) is 5.78. The summed E-state index contributed by atoms with van der Waals surface area (Å²) in [6.07, 6.45) is 3.26. The van der Waals surface area contributed by atoms with Crippen molar-refractivity contribution >= 4 is 16.8 Å². The van der Waals surface area contributed by atoms with Gasteiger partial charge in [0.1, 0.15) is 22.9 Å². The molecule has 0 aliphatic carbocycles. The number of methoxy groups -OCH3 is 1. The van der Waals surface area contributed by atoms with Crippen LogP contribution < -0.4 is 15.2 Å². The van der Waals surface area contributed by atoms with E-state index in [1.165, 1.54) is 0 Å². The molecule has 0 saturated carbocycles. The van der Waals surface area contributed by atoms with Crippen LogP contribution >= 0.6 is 0 Å². The highest BCUT2D eigenvalue weighted by atomic mass is 16.5. The molecule has 4 rings (SSSR count). The molecule has 26 heavy (non-hydrogen) atoms. The smallest absolute Gasteiger partial charge is 0.230 e. The normalized spacial score (nSPS) is 10.8. The van der Waals surface area contributed by atoms with Crippen molar-refractivity contribution in [1.82, 2.24) is 9.97 Å². The second kappa shape index (κ2) is 6.40. The van der Waals surface area contributed by atoms with Crippen LogP contribution in [0.25, 0.3) is 22.1 Å². The third kappa shape index (κ3) is 2.82. The Labute approximate surface area is 150 Å².